The highest BCUT2D eigenvalue weighted by Gasteiger charge is 2.28. The molecule has 1 aliphatic rings. The fraction of sp³-hybridized carbons (Fsp3) is 0.562. The minimum Gasteiger partial charge on any atom is -0.381 e. The van der Waals surface area contributed by atoms with Crippen molar-refractivity contribution in [3.05, 3.63) is 35.4 Å². The van der Waals surface area contributed by atoms with E-state index < -0.39 is 6.04 Å². The second-order valence-electron chi connectivity index (χ2n) is 5.66. The van der Waals surface area contributed by atoms with Crippen molar-refractivity contribution >= 4 is 18.3 Å². The number of rotatable bonds is 4. The zero-order valence-corrected chi connectivity index (χ0v) is 13.6. The molecule has 1 fully saturated rings. The van der Waals surface area contributed by atoms with Crippen LogP contribution < -0.4 is 5.73 Å². The molecular formula is C16H25ClN2O2. The first-order valence-electron chi connectivity index (χ1n) is 7.22. The van der Waals surface area contributed by atoms with Crippen molar-refractivity contribution in [1.82, 2.24) is 4.90 Å². The number of ether oxygens (including phenoxy) is 1. The molecule has 0 saturated carbocycles. The van der Waals surface area contributed by atoms with E-state index in [-0.39, 0.29) is 24.2 Å². The van der Waals surface area contributed by atoms with Gasteiger partial charge in [-0.1, -0.05) is 29.8 Å². The molecule has 0 aromatic heterocycles. The van der Waals surface area contributed by atoms with Crippen LogP contribution in [-0.2, 0) is 16.1 Å². The van der Waals surface area contributed by atoms with Crippen LogP contribution in [0.25, 0.3) is 0 Å². The summed E-state index contributed by atoms with van der Waals surface area (Å²) in [5.41, 5.74) is 8.48. The number of hydrogen-bond acceptors (Lipinski definition) is 3. The van der Waals surface area contributed by atoms with E-state index >= 15 is 0 Å². The lowest BCUT2D eigenvalue weighted by Gasteiger charge is -2.29. The quantitative estimate of drug-likeness (QED) is 0.926. The summed E-state index contributed by atoms with van der Waals surface area (Å²) in [5, 5.41) is 0. The molecule has 0 spiro atoms. The van der Waals surface area contributed by atoms with Gasteiger partial charge in [-0.25, -0.2) is 0 Å². The summed E-state index contributed by atoms with van der Waals surface area (Å²) in [6, 6.07) is 7.82. The molecule has 1 heterocycles. The molecule has 1 atom stereocenters. The fourth-order valence-corrected chi connectivity index (χ4v) is 2.58. The third kappa shape index (κ3) is 4.99. The molecule has 1 unspecified atom stereocenters. The molecule has 1 aromatic rings. The van der Waals surface area contributed by atoms with Crippen LogP contribution >= 0.6 is 12.4 Å². The van der Waals surface area contributed by atoms with E-state index in [1.54, 1.807) is 4.90 Å². The van der Waals surface area contributed by atoms with E-state index in [0.29, 0.717) is 19.8 Å². The molecule has 118 valence electrons. The van der Waals surface area contributed by atoms with Crippen molar-refractivity contribution in [1.29, 1.82) is 0 Å². The maximum absolute atomic E-state index is 12.4. The highest BCUT2D eigenvalue weighted by Crippen LogP contribution is 2.19. The van der Waals surface area contributed by atoms with Crippen LogP contribution in [0.3, 0.4) is 0 Å². The van der Waals surface area contributed by atoms with E-state index in [1.807, 2.05) is 7.05 Å². The summed E-state index contributed by atoms with van der Waals surface area (Å²) < 4.78 is 5.32. The second-order valence-corrected chi connectivity index (χ2v) is 5.66. The topological polar surface area (TPSA) is 55.6 Å². The number of benzene rings is 1. The van der Waals surface area contributed by atoms with E-state index in [9.17, 15) is 4.79 Å². The molecule has 1 aliphatic heterocycles. The average Bonchev–Trinajstić information content (AvgIpc) is 2.49. The summed E-state index contributed by atoms with van der Waals surface area (Å²) in [6.45, 7) is 4.09. The summed E-state index contributed by atoms with van der Waals surface area (Å²) in [4.78, 5) is 14.1. The van der Waals surface area contributed by atoms with Crippen molar-refractivity contribution in [2.45, 2.75) is 32.4 Å². The van der Waals surface area contributed by atoms with Crippen LogP contribution in [0.1, 0.15) is 24.0 Å². The lowest BCUT2D eigenvalue weighted by Crippen LogP contribution is -2.47. The Labute approximate surface area is 133 Å². The Morgan fingerprint density at radius 2 is 1.90 bits per heavy atom. The van der Waals surface area contributed by atoms with Gasteiger partial charge in [0.1, 0.15) is 0 Å². The summed E-state index contributed by atoms with van der Waals surface area (Å²) >= 11 is 0. The third-order valence-corrected chi connectivity index (χ3v) is 3.98. The van der Waals surface area contributed by atoms with E-state index in [2.05, 4.69) is 31.2 Å². The van der Waals surface area contributed by atoms with Crippen LogP contribution in [0.5, 0.6) is 0 Å². The zero-order valence-electron chi connectivity index (χ0n) is 12.7. The first-order chi connectivity index (χ1) is 9.58. The number of halogens is 1. The molecule has 2 rings (SSSR count). The molecule has 21 heavy (non-hydrogen) atoms. The fourth-order valence-electron chi connectivity index (χ4n) is 2.58. The smallest absolute Gasteiger partial charge is 0.239 e. The molecular weight excluding hydrogens is 288 g/mol. The van der Waals surface area contributed by atoms with Gasteiger partial charge in [0.15, 0.2) is 0 Å². The van der Waals surface area contributed by atoms with Gasteiger partial charge in [-0.3, -0.25) is 4.79 Å². The predicted octanol–water partition coefficient (Wildman–Crippen LogP) is 2.13. The number of likely N-dealkylation sites (N-methyl/N-ethyl adjacent to an activating group) is 1. The lowest BCUT2D eigenvalue weighted by atomic mass is 9.91. The molecule has 4 nitrogen and oxygen atoms in total. The molecule has 0 aliphatic carbocycles. The minimum atomic E-state index is -0.408. The minimum absolute atomic E-state index is 0. The first kappa shape index (κ1) is 18.0. The standard InChI is InChI=1S/C16H24N2O2.ClH/c1-12-3-5-13(6-4-12)11-18(2)16(19)15(17)14-7-9-20-10-8-14;/h3-6,14-15H,7-11,17H2,1-2H3;1H. The number of carbonyl (C=O) groups excluding carboxylic acids is 1. The number of amides is 1. The Balaban J connectivity index is 0.00000220. The Kier molecular flexibility index (Phi) is 7.15. The first-order valence-corrected chi connectivity index (χ1v) is 7.22. The van der Waals surface area contributed by atoms with E-state index in [0.717, 1.165) is 18.4 Å². The predicted molar refractivity (Wildman–Crippen MR) is 86.4 cm³/mol. The number of nitrogens with two attached hydrogens (primary N) is 1. The lowest BCUT2D eigenvalue weighted by molar-refractivity contribution is -0.133. The van der Waals surface area contributed by atoms with Crippen LogP contribution in [0.15, 0.2) is 24.3 Å². The van der Waals surface area contributed by atoms with Gasteiger partial charge in [0.2, 0.25) is 5.91 Å². The maximum atomic E-state index is 12.4. The maximum Gasteiger partial charge on any atom is 0.239 e. The summed E-state index contributed by atoms with van der Waals surface area (Å²) in [7, 11) is 1.82. The SMILES string of the molecule is Cc1ccc(CN(C)C(=O)C(N)C2CCOCC2)cc1.Cl. The van der Waals surface area contributed by atoms with Crippen molar-refractivity contribution in [2.75, 3.05) is 20.3 Å². The second kappa shape index (κ2) is 8.37. The van der Waals surface area contributed by atoms with Gasteiger partial charge in [-0.2, -0.15) is 0 Å². The highest BCUT2D eigenvalue weighted by atomic mass is 35.5. The largest absolute Gasteiger partial charge is 0.381 e. The molecule has 0 radical (unpaired) electrons. The van der Waals surface area contributed by atoms with Gasteiger partial charge >= 0.3 is 0 Å². The van der Waals surface area contributed by atoms with E-state index in [1.165, 1.54) is 5.56 Å². The van der Waals surface area contributed by atoms with Crippen molar-refractivity contribution < 1.29 is 9.53 Å². The van der Waals surface area contributed by atoms with Gasteiger partial charge in [-0.15, -0.1) is 12.4 Å². The average molecular weight is 313 g/mol. The van der Waals surface area contributed by atoms with Crippen molar-refractivity contribution in [3.8, 4) is 0 Å². The molecule has 1 saturated heterocycles. The Morgan fingerprint density at radius 3 is 2.48 bits per heavy atom. The monoisotopic (exact) mass is 312 g/mol. The molecule has 2 N–H and O–H groups in total. The number of hydrogen-bond donors (Lipinski definition) is 1. The number of aryl methyl sites for hydroxylation is 1. The van der Waals surface area contributed by atoms with Crippen LogP contribution in [-0.4, -0.2) is 37.1 Å². The van der Waals surface area contributed by atoms with Gasteiger partial charge in [0, 0.05) is 26.8 Å². The summed E-state index contributed by atoms with van der Waals surface area (Å²) in [6.07, 6.45) is 1.76. The normalized spacial score (nSPS) is 16.9. The van der Waals surface area contributed by atoms with Crippen LogP contribution in [0, 0.1) is 12.8 Å². The zero-order chi connectivity index (χ0) is 14.5. The van der Waals surface area contributed by atoms with Crippen LogP contribution in [0.2, 0.25) is 0 Å². The van der Waals surface area contributed by atoms with Gasteiger partial charge < -0.3 is 15.4 Å². The van der Waals surface area contributed by atoms with Gasteiger partial charge in [0.05, 0.1) is 6.04 Å². The molecule has 1 aromatic carbocycles. The summed E-state index contributed by atoms with van der Waals surface area (Å²) in [5.74, 6) is 0.272. The van der Waals surface area contributed by atoms with E-state index in [4.69, 9.17) is 10.5 Å². The molecule has 0 bridgehead atoms. The molecule has 5 heteroatoms. The Hall–Kier alpha value is -1.10. The van der Waals surface area contributed by atoms with Crippen LogP contribution in [0.4, 0.5) is 0 Å². The van der Waals surface area contributed by atoms with Crippen molar-refractivity contribution in [2.24, 2.45) is 11.7 Å². The third-order valence-electron chi connectivity index (χ3n) is 3.98. The van der Waals surface area contributed by atoms with Gasteiger partial charge in [0.25, 0.3) is 0 Å². The number of carbonyl (C=O) groups is 1. The Morgan fingerprint density at radius 1 is 1.33 bits per heavy atom. The highest BCUT2D eigenvalue weighted by molar-refractivity contribution is 5.85. The van der Waals surface area contributed by atoms with Crippen molar-refractivity contribution in [3.63, 3.8) is 0 Å². The number of nitrogens with zero attached hydrogens (tertiary/aromatic N) is 1. The Bertz CT molecular complexity index is 444. The van der Waals surface area contributed by atoms with Gasteiger partial charge in [-0.05, 0) is 31.2 Å². The molecule has 1 amide bonds.